The first-order valence-corrected chi connectivity index (χ1v) is 4.47. The summed E-state index contributed by atoms with van der Waals surface area (Å²) in [6, 6.07) is 5.29. The normalized spacial score (nSPS) is 14.5. The fraction of sp³-hybridized carbons (Fsp3) is 0.300. The Hall–Kier alpha value is -1.89. The maximum absolute atomic E-state index is 11.4. The molecule has 0 unspecified atom stereocenters. The average Bonchev–Trinajstić information content (AvgIpc) is 3.02. The zero-order valence-corrected chi connectivity index (χ0v) is 7.53. The SMILES string of the molecule is N#Cc1cccnc1NC(=O)C1CC1. The molecule has 1 N–H and O–H groups in total. The van der Waals surface area contributed by atoms with E-state index in [1.807, 2.05) is 6.07 Å². The van der Waals surface area contributed by atoms with Gasteiger partial charge in [0, 0.05) is 12.1 Å². The Balaban J connectivity index is 2.15. The molecule has 70 valence electrons. The van der Waals surface area contributed by atoms with Crippen LogP contribution in [0.3, 0.4) is 0 Å². The fourth-order valence-corrected chi connectivity index (χ4v) is 1.16. The van der Waals surface area contributed by atoms with E-state index in [4.69, 9.17) is 5.26 Å². The summed E-state index contributed by atoms with van der Waals surface area (Å²) in [4.78, 5) is 15.3. The largest absolute Gasteiger partial charge is 0.309 e. The lowest BCUT2D eigenvalue weighted by Gasteiger charge is -2.03. The molecule has 14 heavy (non-hydrogen) atoms. The van der Waals surface area contributed by atoms with Gasteiger partial charge in [0.25, 0.3) is 0 Å². The Morgan fingerprint density at radius 2 is 2.43 bits per heavy atom. The lowest BCUT2D eigenvalue weighted by atomic mass is 10.2. The van der Waals surface area contributed by atoms with E-state index in [0.29, 0.717) is 11.4 Å². The first-order chi connectivity index (χ1) is 6.81. The molecule has 0 atom stereocenters. The molecule has 2 rings (SSSR count). The number of nitrogens with one attached hydrogen (secondary N) is 1. The minimum atomic E-state index is -0.0276. The number of hydrogen-bond donors (Lipinski definition) is 1. The monoisotopic (exact) mass is 187 g/mol. The van der Waals surface area contributed by atoms with Crippen LogP contribution in [-0.4, -0.2) is 10.9 Å². The predicted molar refractivity (Wildman–Crippen MR) is 50.3 cm³/mol. The Labute approximate surface area is 81.6 Å². The number of nitrogens with zero attached hydrogens (tertiary/aromatic N) is 2. The van der Waals surface area contributed by atoms with E-state index >= 15 is 0 Å². The van der Waals surface area contributed by atoms with Crippen molar-refractivity contribution in [3.63, 3.8) is 0 Å². The minimum absolute atomic E-state index is 0.0276. The van der Waals surface area contributed by atoms with Crippen molar-refractivity contribution in [2.45, 2.75) is 12.8 Å². The summed E-state index contributed by atoms with van der Waals surface area (Å²) in [5, 5.41) is 11.4. The van der Waals surface area contributed by atoms with Crippen molar-refractivity contribution in [3.8, 4) is 6.07 Å². The lowest BCUT2D eigenvalue weighted by molar-refractivity contribution is -0.117. The maximum atomic E-state index is 11.4. The van der Waals surface area contributed by atoms with Crippen LogP contribution in [0.15, 0.2) is 18.3 Å². The second kappa shape index (κ2) is 3.46. The number of pyridine rings is 1. The molecule has 1 aliphatic rings. The standard InChI is InChI=1S/C10H9N3O/c11-6-8-2-1-5-12-9(8)13-10(14)7-3-4-7/h1-2,5,7H,3-4H2,(H,12,13,14). The van der Waals surface area contributed by atoms with Crippen LogP contribution >= 0.6 is 0 Å². The molecule has 1 saturated carbocycles. The van der Waals surface area contributed by atoms with Crippen LogP contribution in [0.5, 0.6) is 0 Å². The first kappa shape index (κ1) is 8.70. The van der Waals surface area contributed by atoms with Crippen molar-refractivity contribution in [2.24, 2.45) is 5.92 Å². The number of aromatic nitrogens is 1. The van der Waals surface area contributed by atoms with Crippen LogP contribution in [0.2, 0.25) is 0 Å². The quantitative estimate of drug-likeness (QED) is 0.758. The fourth-order valence-electron chi connectivity index (χ4n) is 1.16. The summed E-state index contributed by atoms with van der Waals surface area (Å²) in [6.45, 7) is 0. The van der Waals surface area contributed by atoms with E-state index in [0.717, 1.165) is 12.8 Å². The molecule has 0 aromatic carbocycles. The molecule has 0 bridgehead atoms. The van der Waals surface area contributed by atoms with Gasteiger partial charge in [0.05, 0.1) is 5.56 Å². The predicted octanol–water partition coefficient (Wildman–Crippen LogP) is 1.30. The van der Waals surface area contributed by atoms with Crippen LogP contribution in [0, 0.1) is 17.2 Å². The van der Waals surface area contributed by atoms with Gasteiger partial charge in [-0.2, -0.15) is 5.26 Å². The van der Waals surface area contributed by atoms with Crippen molar-refractivity contribution in [2.75, 3.05) is 5.32 Å². The molecule has 4 nitrogen and oxygen atoms in total. The highest BCUT2D eigenvalue weighted by Gasteiger charge is 2.30. The second-order valence-corrected chi connectivity index (χ2v) is 3.27. The van der Waals surface area contributed by atoms with E-state index in [-0.39, 0.29) is 11.8 Å². The van der Waals surface area contributed by atoms with Crippen molar-refractivity contribution < 1.29 is 4.79 Å². The molecule has 0 spiro atoms. The van der Waals surface area contributed by atoms with Gasteiger partial charge in [-0.1, -0.05) is 0 Å². The summed E-state index contributed by atoms with van der Waals surface area (Å²) < 4.78 is 0. The van der Waals surface area contributed by atoms with Crippen molar-refractivity contribution in [1.29, 1.82) is 5.26 Å². The average molecular weight is 187 g/mol. The third kappa shape index (κ3) is 1.72. The highest BCUT2D eigenvalue weighted by atomic mass is 16.2. The molecule has 1 amide bonds. The van der Waals surface area contributed by atoms with Gasteiger partial charge in [0.15, 0.2) is 0 Å². The number of carbonyl (C=O) groups excluding carboxylic acids is 1. The van der Waals surface area contributed by atoms with Crippen LogP contribution in [0.1, 0.15) is 18.4 Å². The van der Waals surface area contributed by atoms with Gasteiger partial charge in [-0.15, -0.1) is 0 Å². The summed E-state index contributed by atoms with van der Waals surface area (Å²) in [5.41, 5.74) is 0.404. The highest BCUT2D eigenvalue weighted by molar-refractivity contribution is 5.94. The molecule has 1 aromatic heterocycles. The van der Waals surface area contributed by atoms with Gasteiger partial charge >= 0.3 is 0 Å². The highest BCUT2D eigenvalue weighted by Crippen LogP contribution is 2.30. The number of nitriles is 1. The summed E-state index contributed by atoms with van der Waals surface area (Å²) in [6.07, 6.45) is 3.45. The number of carbonyl (C=O) groups is 1. The molecule has 1 aromatic rings. The Kier molecular flexibility index (Phi) is 2.15. The van der Waals surface area contributed by atoms with Gasteiger partial charge < -0.3 is 5.32 Å². The summed E-state index contributed by atoms with van der Waals surface area (Å²) in [7, 11) is 0. The maximum Gasteiger partial charge on any atom is 0.228 e. The Bertz CT molecular complexity index is 404. The van der Waals surface area contributed by atoms with Crippen molar-refractivity contribution in [1.82, 2.24) is 4.98 Å². The summed E-state index contributed by atoms with van der Waals surface area (Å²) in [5.74, 6) is 0.468. The molecular weight excluding hydrogens is 178 g/mol. The second-order valence-electron chi connectivity index (χ2n) is 3.27. The zero-order valence-electron chi connectivity index (χ0n) is 7.53. The minimum Gasteiger partial charge on any atom is -0.309 e. The lowest BCUT2D eigenvalue weighted by Crippen LogP contribution is -2.15. The first-order valence-electron chi connectivity index (χ1n) is 4.47. The Morgan fingerprint density at radius 3 is 3.07 bits per heavy atom. The molecule has 1 fully saturated rings. The van der Waals surface area contributed by atoms with Gasteiger partial charge in [-0.05, 0) is 25.0 Å². The van der Waals surface area contributed by atoms with E-state index in [2.05, 4.69) is 10.3 Å². The molecular formula is C10H9N3O. The molecule has 1 heterocycles. The topological polar surface area (TPSA) is 65.8 Å². The number of hydrogen-bond acceptors (Lipinski definition) is 3. The van der Waals surface area contributed by atoms with Crippen molar-refractivity contribution in [3.05, 3.63) is 23.9 Å². The Morgan fingerprint density at radius 1 is 1.64 bits per heavy atom. The van der Waals surface area contributed by atoms with Crippen LogP contribution < -0.4 is 5.32 Å². The van der Waals surface area contributed by atoms with Gasteiger partial charge in [-0.3, -0.25) is 4.79 Å². The zero-order chi connectivity index (χ0) is 9.97. The van der Waals surface area contributed by atoms with Crippen LogP contribution in [0.4, 0.5) is 5.82 Å². The third-order valence-electron chi connectivity index (χ3n) is 2.12. The van der Waals surface area contributed by atoms with Crippen LogP contribution in [-0.2, 0) is 4.79 Å². The number of anilines is 1. The molecule has 0 aliphatic heterocycles. The smallest absolute Gasteiger partial charge is 0.228 e. The summed E-state index contributed by atoms with van der Waals surface area (Å²) >= 11 is 0. The van der Waals surface area contributed by atoms with Crippen molar-refractivity contribution >= 4 is 11.7 Å². The molecule has 0 radical (unpaired) electrons. The van der Waals surface area contributed by atoms with E-state index in [9.17, 15) is 4.79 Å². The van der Waals surface area contributed by atoms with Gasteiger partial charge in [0.2, 0.25) is 5.91 Å². The van der Waals surface area contributed by atoms with Gasteiger partial charge in [-0.25, -0.2) is 4.98 Å². The molecule has 0 saturated heterocycles. The molecule has 4 heteroatoms. The van der Waals surface area contributed by atoms with E-state index < -0.39 is 0 Å². The van der Waals surface area contributed by atoms with Crippen LogP contribution in [0.25, 0.3) is 0 Å². The third-order valence-corrected chi connectivity index (χ3v) is 2.12. The molecule has 1 aliphatic carbocycles. The van der Waals surface area contributed by atoms with E-state index in [1.165, 1.54) is 0 Å². The van der Waals surface area contributed by atoms with E-state index in [1.54, 1.807) is 18.3 Å². The number of amides is 1. The number of rotatable bonds is 2. The van der Waals surface area contributed by atoms with Gasteiger partial charge in [0.1, 0.15) is 11.9 Å².